The zero-order valence-corrected chi connectivity index (χ0v) is 17.4. The van der Waals surface area contributed by atoms with E-state index in [2.05, 4.69) is 17.0 Å². The van der Waals surface area contributed by atoms with E-state index < -0.39 is 17.7 Å². The molecule has 1 N–H and O–H groups in total. The fourth-order valence-corrected chi connectivity index (χ4v) is 3.52. The van der Waals surface area contributed by atoms with Gasteiger partial charge in [0.05, 0.1) is 17.2 Å². The lowest BCUT2D eigenvalue weighted by Gasteiger charge is -2.37. The van der Waals surface area contributed by atoms with Gasteiger partial charge in [-0.3, -0.25) is 9.69 Å². The second kappa shape index (κ2) is 9.51. The van der Waals surface area contributed by atoms with Gasteiger partial charge in [0.25, 0.3) is 0 Å². The number of carboxylic acid groups (broad SMARTS) is 1. The SMILES string of the molecule is CCc1cc(C(C)=NOCc2cccc(C(F)(F)F)c2)ccc1CN1CC(C(=O)O)C1. The Bertz CT molecular complexity index is 967. The predicted octanol–water partition coefficient (Wildman–Crippen LogP) is 4.73. The Labute approximate surface area is 179 Å². The van der Waals surface area contributed by atoms with Gasteiger partial charge in [0.15, 0.2) is 0 Å². The van der Waals surface area contributed by atoms with E-state index in [0.29, 0.717) is 30.9 Å². The molecule has 1 heterocycles. The maximum Gasteiger partial charge on any atom is 0.416 e. The molecule has 166 valence electrons. The molecule has 0 saturated carbocycles. The third-order valence-electron chi connectivity index (χ3n) is 5.39. The van der Waals surface area contributed by atoms with Crippen molar-refractivity contribution in [2.45, 2.75) is 39.6 Å². The maximum absolute atomic E-state index is 12.8. The van der Waals surface area contributed by atoms with Crippen LogP contribution in [0, 0.1) is 5.92 Å². The summed E-state index contributed by atoms with van der Waals surface area (Å²) in [4.78, 5) is 18.4. The first-order chi connectivity index (χ1) is 14.7. The number of hydrogen-bond acceptors (Lipinski definition) is 4. The lowest BCUT2D eigenvalue weighted by molar-refractivity contribution is -0.147. The van der Waals surface area contributed by atoms with Gasteiger partial charge >= 0.3 is 12.1 Å². The molecule has 0 aliphatic carbocycles. The van der Waals surface area contributed by atoms with Crippen molar-refractivity contribution in [1.82, 2.24) is 4.90 Å². The number of aryl methyl sites for hydroxylation is 1. The fourth-order valence-electron chi connectivity index (χ4n) is 3.52. The first-order valence-electron chi connectivity index (χ1n) is 10.1. The lowest BCUT2D eigenvalue weighted by atomic mass is 9.96. The summed E-state index contributed by atoms with van der Waals surface area (Å²) < 4.78 is 38.4. The van der Waals surface area contributed by atoms with Crippen LogP contribution in [0.1, 0.15) is 41.7 Å². The number of carbonyl (C=O) groups is 1. The highest BCUT2D eigenvalue weighted by Gasteiger charge is 2.32. The standard InChI is InChI=1S/C23H25F3N2O3/c1-3-17-10-18(7-8-19(17)11-28-12-20(13-28)22(29)30)15(2)27-31-14-16-5-4-6-21(9-16)23(24,25)26/h4-10,20H,3,11-14H2,1-2H3,(H,29,30). The van der Waals surface area contributed by atoms with Crippen LogP contribution in [0.15, 0.2) is 47.6 Å². The number of likely N-dealkylation sites (tertiary alicyclic amines) is 1. The zero-order chi connectivity index (χ0) is 22.6. The first kappa shape index (κ1) is 22.8. The predicted molar refractivity (Wildman–Crippen MR) is 111 cm³/mol. The topological polar surface area (TPSA) is 62.1 Å². The number of hydrogen-bond donors (Lipinski definition) is 1. The highest BCUT2D eigenvalue weighted by Crippen LogP contribution is 2.29. The minimum atomic E-state index is -4.39. The van der Waals surface area contributed by atoms with Crippen LogP contribution < -0.4 is 0 Å². The summed E-state index contributed by atoms with van der Waals surface area (Å²) in [6, 6.07) is 10.9. The molecule has 2 aromatic carbocycles. The molecule has 3 rings (SSSR count). The van der Waals surface area contributed by atoms with Crippen LogP contribution in [-0.2, 0) is 35.4 Å². The summed E-state index contributed by atoms with van der Waals surface area (Å²) in [5, 5.41) is 13.1. The monoisotopic (exact) mass is 434 g/mol. The van der Waals surface area contributed by atoms with Gasteiger partial charge < -0.3 is 9.94 Å². The number of aliphatic carboxylic acids is 1. The van der Waals surface area contributed by atoms with Crippen LogP contribution in [0.25, 0.3) is 0 Å². The van der Waals surface area contributed by atoms with Crippen LogP contribution in [0.5, 0.6) is 0 Å². The van der Waals surface area contributed by atoms with E-state index in [4.69, 9.17) is 9.94 Å². The Morgan fingerprint density at radius 3 is 2.58 bits per heavy atom. The van der Waals surface area contributed by atoms with E-state index in [0.717, 1.165) is 35.2 Å². The van der Waals surface area contributed by atoms with E-state index in [1.165, 1.54) is 6.07 Å². The van der Waals surface area contributed by atoms with Gasteiger partial charge in [0.2, 0.25) is 0 Å². The number of oxime groups is 1. The van der Waals surface area contributed by atoms with Crippen LogP contribution in [0.3, 0.4) is 0 Å². The van der Waals surface area contributed by atoms with E-state index in [-0.39, 0.29) is 12.5 Å². The third kappa shape index (κ3) is 5.85. The molecule has 8 heteroatoms. The Hall–Kier alpha value is -2.87. The summed E-state index contributed by atoms with van der Waals surface area (Å²) in [6.45, 7) is 5.60. The molecule has 5 nitrogen and oxygen atoms in total. The summed E-state index contributed by atoms with van der Waals surface area (Å²) in [6.07, 6.45) is -3.57. The third-order valence-corrected chi connectivity index (χ3v) is 5.39. The van der Waals surface area contributed by atoms with Crippen molar-refractivity contribution in [2.24, 2.45) is 11.1 Å². The van der Waals surface area contributed by atoms with E-state index in [9.17, 15) is 18.0 Å². The summed E-state index contributed by atoms with van der Waals surface area (Å²) in [7, 11) is 0. The molecule has 1 aliphatic heterocycles. The number of nitrogens with zero attached hydrogens (tertiary/aromatic N) is 2. The quantitative estimate of drug-likeness (QED) is 0.482. The smallest absolute Gasteiger partial charge is 0.416 e. The van der Waals surface area contributed by atoms with Gasteiger partial charge in [-0.2, -0.15) is 13.2 Å². The summed E-state index contributed by atoms with van der Waals surface area (Å²) in [5.74, 6) is -1.04. The van der Waals surface area contributed by atoms with Gasteiger partial charge in [0, 0.05) is 19.6 Å². The molecule has 1 fully saturated rings. The molecule has 0 spiro atoms. The van der Waals surface area contributed by atoms with Crippen LogP contribution in [0.2, 0.25) is 0 Å². The Kier molecular flexibility index (Phi) is 7.00. The van der Waals surface area contributed by atoms with Gasteiger partial charge in [-0.25, -0.2) is 0 Å². The Balaban J connectivity index is 1.61. The molecule has 0 unspecified atom stereocenters. The number of carboxylic acids is 1. The van der Waals surface area contributed by atoms with E-state index in [1.807, 2.05) is 18.2 Å². The van der Waals surface area contributed by atoms with Crippen molar-refractivity contribution in [3.8, 4) is 0 Å². The maximum atomic E-state index is 12.8. The summed E-state index contributed by atoms with van der Waals surface area (Å²) in [5.41, 5.74) is 3.47. The van der Waals surface area contributed by atoms with Crippen molar-refractivity contribution >= 4 is 11.7 Å². The first-order valence-corrected chi connectivity index (χ1v) is 10.1. The van der Waals surface area contributed by atoms with Crippen molar-refractivity contribution < 1.29 is 27.9 Å². The lowest BCUT2D eigenvalue weighted by Crippen LogP contribution is -2.49. The highest BCUT2D eigenvalue weighted by atomic mass is 19.4. The molecule has 1 aliphatic rings. The average Bonchev–Trinajstić information content (AvgIpc) is 2.69. The second-order valence-electron chi connectivity index (χ2n) is 7.71. The number of halogens is 3. The number of benzene rings is 2. The van der Waals surface area contributed by atoms with Crippen LogP contribution in [0.4, 0.5) is 13.2 Å². The number of rotatable bonds is 8. The zero-order valence-electron chi connectivity index (χ0n) is 17.4. The molecule has 0 amide bonds. The van der Waals surface area contributed by atoms with Gasteiger partial charge in [-0.1, -0.05) is 36.3 Å². The normalized spacial score (nSPS) is 15.6. The molecular formula is C23H25F3N2O3. The van der Waals surface area contributed by atoms with Crippen LogP contribution >= 0.6 is 0 Å². The highest BCUT2D eigenvalue weighted by molar-refractivity contribution is 5.98. The summed E-state index contributed by atoms with van der Waals surface area (Å²) >= 11 is 0. The molecule has 0 aromatic heterocycles. The Morgan fingerprint density at radius 1 is 1.19 bits per heavy atom. The minimum Gasteiger partial charge on any atom is -0.481 e. The van der Waals surface area contributed by atoms with Crippen molar-refractivity contribution in [2.75, 3.05) is 13.1 Å². The molecule has 0 atom stereocenters. The average molecular weight is 434 g/mol. The van der Waals surface area contributed by atoms with Crippen molar-refractivity contribution in [3.63, 3.8) is 0 Å². The van der Waals surface area contributed by atoms with E-state index in [1.54, 1.807) is 13.0 Å². The number of alkyl halides is 3. The molecule has 2 aromatic rings. The fraction of sp³-hybridized carbons (Fsp3) is 0.391. The molecule has 31 heavy (non-hydrogen) atoms. The van der Waals surface area contributed by atoms with Crippen molar-refractivity contribution in [3.05, 3.63) is 70.3 Å². The van der Waals surface area contributed by atoms with Gasteiger partial charge in [-0.15, -0.1) is 0 Å². The Morgan fingerprint density at radius 2 is 1.94 bits per heavy atom. The van der Waals surface area contributed by atoms with Gasteiger partial charge in [-0.05, 0) is 53.8 Å². The molecular weight excluding hydrogens is 409 g/mol. The van der Waals surface area contributed by atoms with Crippen LogP contribution in [-0.4, -0.2) is 34.8 Å². The van der Waals surface area contributed by atoms with Gasteiger partial charge in [0.1, 0.15) is 6.61 Å². The van der Waals surface area contributed by atoms with Crippen molar-refractivity contribution in [1.29, 1.82) is 0 Å². The molecule has 1 saturated heterocycles. The van der Waals surface area contributed by atoms with E-state index >= 15 is 0 Å². The molecule has 0 radical (unpaired) electrons. The molecule has 0 bridgehead atoms. The second-order valence-corrected chi connectivity index (χ2v) is 7.71. The minimum absolute atomic E-state index is 0.0559. The largest absolute Gasteiger partial charge is 0.481 e.